The Morgan fingerprint density at radius 2 is 1.91 bits per heavy atom. The quantitative estimate of drug-likeness (QED) is 0.695. The Hall–Kier alpha value is -3.90. The maximum Gasteiger partial charge on any atom is 0.242 e. The highest BCUT2D eigenvalue weighted by Crippen LogP contribution is 2.31. The Morgan fingerprint density at radius 1 is 1.15 bits per heavy atom. The number of nitriles is 1. The number of nitrogens with one attached hydrogen (secondary N) is 1. The van der Waals surface area contributed by atoms with Crippen LogP contribution >= 0.6 is 0 Å². The Balaban J connectivity index is 1.37. The molecule has 1 N–H and O–H groups in total. The minimum absolute atomic E-state index is 0.0754. The summed E-state index contributed by atoms with van der Waals surface area (Å²) in [5.41, 5.74) is 1.68. The third-order valence-corrected chi connectivity index (χ3v) is 7.23. The molecule has 0 bridgehead atoms. The molecule has 0 saturated carbocycles. The zero-order valence-electron chi connectivity index (χ0n) is 18.3. The minimum atomic E-state index is -3.67. The predicted octanol–water partition coefficient (Wildman–Crippen LogP) is 3.85. The van der Waals surface area contributed by atoms with E-state index in [9.17, 15) is 13.2 Å². The second-order valence-electron chi connectivity index (χ2n) is 8.00. The van der Waals surface area contributed by atoms with Crippen molar-refractivity contribution >= 4 is 15.9 Å². The van der Waals surface area contributed by atoms with Gasteiger partial charge in [-0.15, -0.1) is 0 Å². The lowest BCUT2D eigenvalue weighted by Gasteiger charge is -2.19. The number of ether oxygens (including phenoxy) is 2. The van der Waals surface area contributed by atoms with E-state index >= 15 is 0 Å². The zero-order valence-corrected chi connectivity index (χ0v) is 19.1. The van der Waals surface area contributed by atoms with Crippen LogP contribution in [-0.2, 0) is 14.8 Å². The van der Waals surface area contributed by atoms with Crippen LogP contribution in [0.1, 0.15) is 42.2 Å². The number of benzene rings is 1. The number of aromatic nitrogens is 1. The van der Waals surface area contributed by atoms with E-state index in [2.05, 4.69) is 11.6 Å². The Bertz CT molecular complexity index is 1290. The van der Waals surface area contributed by atoms with Gasteiger partial charge in [0, 0.05) is 6.42 Å². The van der Waals surface area contributed by atoms with E-state index in [1.54, 1.807) is 36.4 Å². The van der Waals surface area contributed by atoms with Crippen LogP contribution in [0.2, 0.25) is 0 Å². The molecule has 1 fully saturated rings. The molecular formula is C25H23N3O5S. The minimum Gasteiger partial charge on any atom is -0.490 e. The molecule has 0 spiro atoms. The molecule has 1 aromatic carbocycles. The highest BCUT2D eigenvalue weighted by molar-refractivity contribution is 7.90. The van der Waals surface area contributed by atoms with Gasteiger partial charge in [-0.25, -0.2) is 13.4 Å². The highest BCUT2D eigenvalue weighted by atomic mass is 32.2. The molecule has 2 atom stereocenters. The summed E-state index contributed by atoms with van der Waals surface area (Å²) in [7, 11) is -3.67. The van der Waals surface area contributed by atoms with E-state index in [1.165, 1.54) is 6.20 Å². The third-order valence-electron chi connectivity index (χ3n) is 5.53. The number of pyridine rings is 1. The predicted molar refractivity (Wildman–Crippen MR) is 125 cm³/mol. The van der Waals surface area contributed by atoms with Gasteiger partial charge in [0.2, 0.25) is 15.9 Å². The van der Waals surface area contributed by atoms with Crippen LogP contribution in [0.25, 0.3) is 0 Å². The zero-order chi connectivity index (χ0) is 24.1. The molecule has 9 heteroatoms. The van der Waals surface area contributed by atoms with E-state index in [-0.39, 0.29) is 12.5 Å². The van der Waals surface area contributed by atoms with Crippen molar-refractivity contribution in [1.29, 1.82) is 5.26 Å². The molecule has 1 saturated heterocycles. The molecule has 0 radical (unpaired) electrons. The number of amides is 1. The van der Waals surface area contributed by atoms with E-state index < -0.39 is 21.2 Å². The summed E-state index contributed by atoms with van der Waals surface area (Å²) in [6, 6.07) is 12.1. The first kappa shape index (κ1) is 23.3. The second kappa shape index (κ2) is 9.93. The van der Waals surface area contributed by atoms with Crippen molar-refractivity contribution in [3.05, 3.63) is 90.0 Å². The monoisotopic (exact) mass is 477 g/mol. The van der Waals surface area contributed by atoms with E-state index in [0.29, 0.717) is 47.8 Å². The summed E-state index contributed by atoms with van der Waals surface area (Å²) in [4.78, 5) is 15.5. The number of rotatable bonds is 5. The maximum absolute atomic E-state index is 12.1. The lowest BCUT2D eigenvalue weighted by molar-refractivity contribution is -0.118. The van der Waals surface area contributed by atoms with E-state index in [1.807, 2.05) is 29.0 Å². The summed E-state index contributed by atoms with van der Waals surface area (Å²) in [5.74, 6) is 1.27. The summed E-state index contributed by atoms with van der Waals surface area (Å²) >= 11 is 0. The van der Waals surface area contributed by atoms with Gasteiger partial charge in [0.25, 0.3) is 0 Å². The number of allylic oxidation sites excluding steroid dienone is 3. The van der Waals surface area contributed by atoms with Crippen LogP contribution in [0.3, 0.4) is 0 Å². The van der Waals surface area contributed by atoms with Crippen molar-refractivity contribution in [2.24, 2.45) is 0 Å². The lowest BCUT2D eigenvalue weighted by atomic mass is 10.1. The largest absolute Gasteiger partial charge is 0.490 e. The molecule has 1 aromatic heterocycles. The van der Waals surface area contributed by atoms with Crippen molar-refractivity contribution < 1.29 is 22.7 Å². The van der Waals surface area contributed by atoms with Crippen molar-refractivity contribution in [2.45, 2.75) is 37.0 Å². The number of carbonyl (C=O) groups is 1. The van der Waals surface area contributed by atoms with E-state index in [4.69, 9.17) is 14.7 Å². The standard InChI is InChI=1S/C25H23N3O5S/c1-17-6-10-20(4-2-3-5-23(17)33-22-13-9-19(15-26)27-16-22)32-21-11-7-18(8-12-21)24-14-25(29)28-34(24,30)31/h2-3,5,7-9,11-13,16,20,24H,1,4,6,10,14H2,(H,28,29)/b3-2-,23-5+/t20-,24?/m0/s1. The van der Waals surface area contributed by atoms with Crippen LogP contribution in [0.4, 0.5) is 0 Å². The summed E-state index contributed by atoms with van der Waals surface area (Å²) in [6.07, 6.45) is 9.05. The van der Waals surface area contributed by atoms with Gasteiger partial charge in [0.15, 0.2) is 0 Å². The molecular weight excluding hydrogens is 454 g/mol. The van der Waals surface area contributed by atoms with Crippen LogP contribution < -0.4 is 14.2 Å². The molecule has 8 nitrogen and oxygen atoms in total. The molecule has 1 aliphatic carbocycles. The van der Waals surface area contributed by atoms with Crippen molar-refractivity contribution in [3.63, 3.8) is 0 Å². The van der Waals surface area contributed by atoms with Gasteiger partial charge in [-0.3, -0.25) is 9.52 Å². The van der Waals surface area contributed by atoms with Crippen molar-refractivity contribution in [3.8, 4) is 17.6 Å². The number of hydrogen-bond donors (Lipinski definition) is 1. The average Bonchev–Trinajstić information content (AvgIpc) is 3.14. The molecule has 2 aliphatic rings. The molecule has 1 unspecified atom stereocenters. The normalized spacial score (nSPS) is 24.4. The summed E-state index contributed by atoms with van der Waals surface area (Å²) in [6.45, 7) is 4.14. The van der Waals surface area contributed by atoms with Gasteiger partial charge in [-0.2, -0.15) is 5.26 Å². The van der Waals surface area contributed by atoms with Crippen molar-refractivity contribution in [2.75, 3.05) is 0 Å². The fraction of sp³-hybridized carbons (Fsp3) is 0.240. The lowest BCUT2D eigenvalue weighted by Crippen LogP contribution is -2.21. The number of nitrogens with zero attached hydrogens (tertiary/aromatic N) is 2. The average molecular weight is 478 g/mol. The molecule has 1 amide bonds. The van der Waals surface area contributed by atoms with Gasteiger partial charge in [0.1, 0.15) is 40.4 Å². The summed E-state index contributed by atoms with van der Waals surface area (Å²) in [5, 5.41) is 8.00. The molecule has 34 heavy (non-hydrogen) atoms. The SMILES string of the molecule is C=C1CC[C@@H](Oc2ccc(C3CC(=O)NS3(=O)=O)cc2)C/C=C\C=C/1Oc1ccc(C#N)nc1. The van der Waals surface area contributed by atoms with Crippen molar-refractivity contribution in [1.82, 2.24) is 9.71 Å². The smallest absolute Gasteiger partial charge is 0.242 e. The topological polar surface area (TPSA) is 118 Å². The Morgan fingerprint density at radius 3 is 2.56 bits per heavy atom. The first-order valence-corrected chi connectivity index (χ1v) is 12.3. The number of sulfonamides is 1. The number of hydrogen-bond acceptors (Lipinski definition) is 7. The summed E-state index contributed by atoms with van der Waals surface area (Å²) < 4.78 is 38.2. The molecule has 4 rings (SSSR count). The fourth-order valence-corrected chi connectivity index (χ4v) is 5.16. The van der Waals surface area contributed by atoms with Gasteiger partial charge in [-0.1, -0.05) is 30.9 Å². The first-order chi connectivity index (χ1) is 16.3. The van der Waals surface area contributed by atoms with Gasteiger partial charge < -0.3 is 9.47 Å². The van der Waals surface area contributed by atoms with Crippen LogP contribution in [0, 0.1) is 11.3 Å². The Labute approximate surface area is 198 Å². The van der Waals surface area contributed by atoms with E-state index in [0.717, 1.165) is 5.57 Å². The molecule has 2 heterocycles. The van der Waals surface area contributed by atoms with Gasteiger partial charge >= 0.3 is 0 Å². The Kier molecular flexibility index (Phi) is 6.80. The maximum atomic E-state index is 12.1. The first-order valence-electron chi connectivity index (χ1n) is 10.7. The highest BCUT2D eigenvalue weighted by Gasteiger charge is 2.37. The number of carbonyl (C=O) groups excluding carboxylic acids is 1. The molecule has 2 aromatic rings. The third kappa shape index (κ3) is 5.53. The molecule has 1 aliphatic heterocycles. The van der Waals surface area contributed by atoms with Gasteiger partial charge in [0.05, 0.1) is 12.6 Å². The molecule has 174 valence electrons. The second-order valence-corrected chi connectivity index (χ2v) is 9.87. The van der Waals surface area contributed by atoms with Crippen LogP contribution in [0.5, 0.6) is 11.5 Å². The fourth-order valence-electron chi connectivity index (χ4n) is 3.73. The van der Waals surface area contributed by atoms with Gasteiger partial charge in [-0.05, 0) is 54.3 Å². The van der Waals surface area contributed by atoms with Crippen LogP contribution in [0.15, 0.2) is 78.7 Å². The van der Waals surface area contributed by atoms with Crippen LogP contribution in [-0.4, -0.2) is 25.4 Å².